The van der Waals surface area contributed by atoms with Crippen LogP contribution in [0.4, 0.5) is 11.4 Å². The summed E-state index contributed by atoms with van der Waals surface area (Å²) in [4.78, 5) is 25.1. The Morgan fingerprint density at radius 3 is 2.41 bits per heavy atom. The second kappa shape index (κ2) is 8.74. The van der Waals surface area contributed by atoms with Gasteiger partial charge in [0.15, 0.2) is 17.3 Å². The molecule has 2 aromatic carbocycles. The van der Waals surface area contributed by atoms with Crippen molar-refractivity contribution in [2.45, 2.75) is 4.90 Å². The van der Waals surface area contributed by atoms with Crippen molar-refractivity contribution < 1.29 is 23.5 Å². The zero-order valence-electron chi connectivity index (χ0n) is 15.3. The molecule has 0 bridgehead atoms. The van der Waals surface area contributed by atoms with Crippen LogP contribution < -0.4 is 20.1 Å². The summed E-state index contributed by atoms with van der Waals surface area (Å²) in [5.74, 6) is 1.39. The topological polar surface area (TPSA) is 89.8 Å². The number of thioether (sulfide) groups is 1. The van der Waals surface area contributed by atoms with Crippen LogP contribution in [0.25, 0.3) is 0 Å². The van der Waals surface area contributed by atoms with Gasteiger partial charge in [-0.1, -0.05) is 0 Å². The number of amides is 2. The summed E-state index contributed by atoms with van der Waals surface area (Å²) in [5.41, 5.74) is 1.31. The van der Waals surface area contributed by atoms with E-state index in [2.05, 4.69) is 10.6 Å². The van der Waals surface area contributed by atoms with E-state index in [1.165, 1.54) is 18.0 Å². The minimum atomic E-state index is -0.311. The van der Waals surface area contributed by atoms with Crippen molar-refractivity contribution in [3.05, 3.63) is 66.6 Å². The molecule has 0 atom stereocenters. The third-order valence-electron chi connectivity index (χ3n) is 4.05. The number of hydrogen-bond acceptors (Lipinski definition) is 6. The molecule has 1 aliphatic heterocycles. The van der Waals surface area contributed by atoms with E-state index < -0.39 is 0 Å². The molecule has 1 aliphatic rings. The van der Waals surface area contributed by atoms with Gasteiger partial charge in [0.25, 0.3) is 5.91 Å². The molecule has 0 spiro atoms. The monoisotopic (exact) mass is 410 g/mol. The van der Waals surface area contributed by atoms with Crippen molar-refractivity contribution in [1.82, 2.24) is 0 Å². The van der Waals surface area contributed by atoms with Crippen molar-refractivity contribution in [1.29, 1.82) is 0 Å². The molecule has 0 saturated heterocycles. The van der Waals surface area contributed by atoms with E-state index >= 15 is 0 Å². The summed E-state index contributed by atoms with van der Waals surface area (Å²) in [7, 11) is 0. The molecule has 7 nitrogen and oxygen atoms in total. The van der Waals surface area contributed by atoms with Crippen LogP contribution in [0.15, 0.2) is 70.2 Å². The highest BCUT2D eigenvalue weighted by atomic mass is 32.2. The van der Waals surface area contributed by atoms with E-state index in [9.17, 15) is 9.59 Å². The maximum atomic E-state index is 12.2. The maximum absolute atomic E-state index is 12.2. The highest BCUT2D eigenvalue weighted by Crippen LogP contribution is 2.32. The molecular weight excluding hydrogens is 392 g/mol. The average Bonchev–Trinajstić information content (AvgIpc) is 3.28. The number of benzene rings is 2. The Hall–Kier alpha value is -3.39. The van der Waals surface area contributed by atoms with Crippen LogP contribution in [-0.2, 0) is 4.79 Å². The number of ether oxygens (including phenoxy) is 2. The van der Waals surface area contributed by atoms with E-state index in [4.69, 9.17) is 13.9 Å². The van der Waals surface area contributed by atoms with Gasteiger partial charge in [-0.25, -0.2) is 0 Å². The zero-order chi connectivity index (χ0) is 20.1. The average molecular weight is 410 g/mol. The minimum absolute atomic E-state index is 0.123. The second-order valence-electron chi connectivity index (χ2n) is 6.15. The van der Waals surface area contributed by atoms with Gasteiger partial charge in [-0.15, -0.1) is 11.8 Å². The Balaban J connectivity index is 1.27. The van der Waals surface area contributed by atoms with Crippen molar-refractivity contribution in [2.75, 3.05) is 29.6 Å². The van der Waals surface area contributed by atoms with Crippen molar-refractivity contribution in [3.63, 3.8) is 0 Å². The highest BCUT2D eigenvalue weighted by Gasteiger charge is 2.13. The van der Waals surface area contributed by atoms with Crippen molar-refractivity contribution >= 4 is 35.0 Å². The molecule has 0 unspecified atom stereocenters. The maximum Gasteiger partial charge on any atom is 0.291 e. The molecule has 2 heterocycles. The van der Waals surface area contributed by atoms with Crippen LogP contribution in [0.5, 0.6) is 11.5 Å². The fraction of sp³-hybridized carbons (Fsp3) is 0.143. The lowest BCUT2D eigenvalue weighted by Gasteiger charge is -2.19. The number of rotatable bonds is 6. The van der Waals surface area contributed by atoms with Crippen LogP contribution in [0, 0.1) is 0 Å². The summed E-state index contributed by atoms with van der Waals surface area (Å²) in [6, 6.07) is 15.8. The number of furan rings is 1. The standard InChI is InChI=1S/C21H18N2O5S/c24-20(22-15-5-8-17-19(12-15)28-11-10-27-17)13-29-16-6-3-14(4-7-16)23-21(25)18-2-1-9-26-18/h1-9,12H,10-11,13H2,(H,22,24)(H,23,25). The van der Waals surface area contributed by atoms with Crippen LogP contribution in [0.1, 0.15) is 10.6 Å². The van der Waals surface area contributed by atoms with Gasteiger partial charge in [0.1, 0.15) is 13.2 Å². The lowest BCUT2D eigenvalue weighted by atomic mass is 10.2. The molecular formula is C21H18N2O5S. The third kappa shape index (κ3) is 4.91. The Morgan fingerprint density at radius 1 is 0.897 bits per heavy atom. The normalized spacial score (nSPS) is 12.3. The predicted octanol–water partition coefficient (Wildman–Crippen LogP) is 4.03. The molecule has 2 N–H and O–H groups in total. The quantitative estimate of drug-likeness (QED) is 0.597. The zero-order valence-corrected chi connectivity index (χ0v) is 16.2. The summed E-state index contributed by atoms with van der Waals surface area (Å²) in [6.45, 7) is 1.03. The Bertz CT molecular complexity index is 1000. The van der Waals surface area contributed by atoms with Gasteiger partial charge in [0.2, 0.25) is 5.91 Å². The lowest BCUT2D eigenvalue weighted by molar-refractivity contribution is -0.113. The summed E-state index contributed by atoms with van der Waals surface area (Å²) in [5, 5.41) is 5.60. The first-order chi connectivity index (χ1) is 14.2. The first-order valence-electron chi connectivity index (χ1n) is 8.94. The van der Waals surface area contributed by atoms with Gasteiger partial charge in [0.05, 0.1) is 12.0 Å². The van der Waals surface area contributed by atoms with Crippen LogP contribution in [0.3, 0.4) is 0 Å². The van der Waals surface area contributed by atoms with Gasteiger partial charge in [0, 0.05) is 22.3 Å². The fourth-order valence-electron chi connectivity index (χ4n) is 2.70. The summed E-state index contributed by atoms with van der Waals surface area (Å²) < 4.78 is 16.1. The van der Waals surface area contributed by atoms with Crippen LogP contribution in [-0.4, -0.2) is 30.8 Å². The van der Waals surface area contributed by atoms with E-state index in [-0.39, 0.29) is 23.3 Å². The number of hydrogen-bond donors (Lipinski definition) is 2. The largest absolute Gasteiger partial charge is 0.486 e. The van der Waals surface area contributed by atoms with Crippen LogP contribution in [0.2, 0.25) is 0 Å². The fourth-order valence-corrected chi connectivity index (χ4v) is 3.40. The number of anilines is 2. The molecule has 148 valence electrons. The van der Waals surface area contributed by atoms with Gasteiger partial charge < -0.3 is 24.5 Å². The van der Waals surface area contributed by atoms with Crippen molar-refractivity contribution in [3.8, 4) is 11.5 Å². The lowest BCUT2D eigenvalue weighted by Crippen LogP contribution is -2.17. The van der Waals surface area contributed by atoms with Gasteiger partial charge in [-0.3, -0.25) is 9.59 Å². The molecule has 8 heteroatoms. The molecule has 0 fully saturated rings. The molecule has 1 aromatic heterocycles. The SMILES string of the molecule is O=C(CSc1ccc(NC(=O)c2ccco2)cc1)Nc1ccc2c(c1)OCCO2. The molecule has 0 aliphatic carbocycles. The molecule has 29 heavy (non-hydrogen) atoms. The number of carbonyl (C=O) groups excluding carboxylic acids is 2. The van der Waals surface area contributed by atoms with E-state index in [0.29, 0.717) is 36.1 Å². The summed E-state index contributed by atoms with van der Waals surface area (Å²) >= 11 is 1.40. The smallest absolute Gasteiger partial charge is 0.291 e. The minimum Gasteiger partial charge on any atom is -0.486 e. The van der Waals surface area contributed by atoms with E-state index in [0.717, 1.165) is 4.90 Å². The Morgan fingerprint density at radius 2 is 1.66 bits per heavy atom. The second-order valence-corrected chi connectivity index (χ2v) is 7.20. The van der Waals surface area contributed by atoms with Gasteiger partial charge in [-0.05, 0) is 48.5 Å². The third-order valence-corrected chi connectivity index (χ3v) is 5.07. The Labute approximate surface area is 171 Å². The van der Waals surface area contributed by atoms with E-state index in [1.54, 1.807) is 42.5 Å². The first kappa shape index (κ1) is 18.9. The first-order valence-corrected chi connectivity index (χ1v) is 9.93. The predicted molar refractivity (Wildman–Crippen MR) is 110 cm³/mol. The molecule has 0 radical (unpaired) electrons. The summed E-state index contributed by atoms with van der Waals surface area (Å²) in [6.07, 6.45) is 1.45. The van der Waals surface area contributed by atoms with Crippen LogP contribution >= 0.6 is 11.8 Å². The molecule has 3 aromatic rings. The van der Waals surface area contributed by atoms with Gasteiger partial charge in [-0.2, -0.15) is 0 Å². The van der Waals surface area contributed by atoms with Gasteiger partial charge >= 0.3 is 0 Å². The number of nitrogens with one attached hydrogen (secondary N) is 2. The molecule has 4 rings (SSSR count). The Kier molecular flexibility index (Phi) is 5.71. The molecule has 2 amide bonds. The van der Waals surface area contributed by atoms with E-state index in [1.807, 2.05) is 12.1 Å². The van der Waals surface area contributed by atoms with Crippen molar-refractivity contribution in [2.24, 2.45) is 0 Å². The highest BCUT2D eigenvalue weighted by molar-refractivity contribution is 8.00. The molecule has 0 saturated carbocycles. The number of carbonyl (C=O) groups is 2. The number of fused-ring (bicyclic) bond motifs is 1.